The van der Waals surface area contributed by atoms with Crippen LogP contribution in [0.3, 0.4) is 0 Å². The van der Waals surface area contributed by atoms with Gasteiger partial charge in [-0.15, -0.1) is 0 Å². The topological polar surface area (TPSA) is 78.9 Å². The molecule has 0 aliphatic carbocycles. The van der Waals surface area contributed by atoms with Crippen molar-refractivity contribution in [3.05, 3.63) is 28.8 Å². The molecule has 1 fully saturated rings. The van der Waals surface area contributed by atoms with Crippen LogP contribution in [0.25, 0.3) is 0 Å². The van der Waals surface area contributed by atoms with Crippen LogP contribution < -0.4 is 5.32 Å². The van der Waals surface area contributed by atoms with Gasteiger partial charge in [-0.05, 0) is 24.6 Å². The van der Waals surface area contributed by atoms with Crippen molar-refractivity contribution in [2.75, 3.05) is 31.6 Å². The normalized spacial score (nSPS) is 19.2. The fraction of sp³-hybridized carbons (Fsp3) is 0.429. The van der Waals surface area contributed by atoms with Gasteiger partial charge in [-0.3, -0.25) is 14.5 Å². The van der Waals surface area contributed by atoms with Crippen molar-refractivity contribution in [1.29, 1.82) is 0 Å². The molecule has 7 heteroatoms. The molecule has 1 atom stereocenters. The Morgan fingerprint density at radius 3 is 3.00 bits per heavy atom. The van der Waals surface area contributed by atoms with E-state index in [4.69, 9.17) is 21.4 Å². The largest absolute Gasteiger partial charge is 0.480 e. The van der Waals surface area contributed by atoms with E-state index in [2.05, 4.69) is 5.32 Å². The average Bonchev–Trinajstić information content (AvgIpc) is 2.44. The fourth-order valence-corrected chi connectivity index (χ4v) is 2.35. The predicted molar refractivity (Wildman–Crippen MR) is 78.6 cm³/mol. The third-order valence-corrected chi connectivity index (χ3v) is 3.82. The molecule has 0 radical (unpaired) electrons. The number of aliphatic carboxylic acids is 1. The monoisotopic (exact) mass is 312 g/mol. The maximum atomic E-state index is 12.1. The number of hydrogen-bond acceptors (Lipinski definition) is 4. The van der Waals surface area contributed by atoms with Gasteiger partial charge in [0, 0.05) is 17.3 Å². The zero-order valence-corrected chi connectivity index (χ0v) is 12.4. The molecule has 0 bridgehead atoms. The number of amides is 1. The molecule has 1 aliphatic heterocycles. The number of ether oxygens (including phenoxy) is 1. The summed E-state index contributed by atoms with van der Waals surface area (Å²) >= 11 is 6.00. The Hall–Kier alpha value is -1.63. The molecule has 1 aromatic carbocycles. The number of halogens is 1. The van der Waals surface area contributed by atoms with Crippen LogP contribution in [0.1, 0.15) is 5.56 Å². The van der Waals surface area contributed by atoms with Crippen molar-refractivity contribution in [3.63, 3.8) is 0 Å². The standard InChI is InChI=1S/C14H17ClN2O4/c1-9-10(15)3-2-4-11(9)16-13(18)7-17-5-6-21-8-12(17)14(19)20/h2-4,12H,5-8H2,1H3,(H,16,18)(H,19,20). The Balaban J connectivity index is 2.00. The molecule has 1 amide bonds. The molecule has 1 unspecified atom stereocenters. The maximum absolute atomic E-state index is 12.1. The highest BCUT2D eigenvalue weighted by atomic mass is 35.5. The number of anilines is 1. The van der Waals surface area contributed by atoms with Crippen molar-refractivity contribution in [2.45, 2.75) is 13.0 Å². The number of carboxylic acids is 1. The van der Waals surface area contributed by atoms with Crippen molar-refractivity contribution in [1.82, 2.24) is 4.90 Å². The van der Waals surface area contributed by atoms with Gasteiger partial charge < -0.3 is 15.2 Å². The number of rotatable bonds is 4. The lowest BCUT2D eigenvalue weighted by atomic mass is 10.2. The smallest absolute Gasteiger partial charge is 0.323 e. The highest BCUT2D eigenvalue weighted by molar-refractivity contribution is 6.31. The SMILES string of the molecule is Cc1c(Cl)cccc1NC(=O)CN1CCOCC1C(=O)O. The molecule has 6 nitrogen and oxygen atoms in total. The summed E-state index contributed by atoms with van der Waals surface area (Å²) in [4.78, 5) is 24.8. The third-order valence-electron chi connectivity index (χ3n) is 3.41. The van der Waals surface area contributed by atoms with Crippen LogP contribution in [0.5, 0.6) is 0 Å². The van der Waals surface area contributed by atoms with Gasteiger partial charge in [-0.1, -0.05) is 17.7 Å². The van der Waals surface area contributed by atoms with Crippen molar-refractivity contribution >= 4 is 29.2 Å². The molecule has 0 saturated carbocycles. The minimum Gasteiger partial charge on any atom is -0.480 e. The molecule has 0 aromatic heterocycles. The number of morpholine rings is 1. The summed E-state index contributed by atoms with van der Waals surface area (Å²) in [5.41, 5.74) is 1.41. The quantitative estimate of drug-likeness (QED) is 0.878. The van der Waals surface area contributed by atoms with E-state index in [0.29, 0.717) is 23.9 Å². The van der Waals surface area contributed by atoms with Crippen LogP contribution in [-0.4, -0.2) is 54.2 Å². The van der Waals surface area contributed by atoms with Gasteiger partial charge in [-0.25, -0.2) is 0 Å². The molecule has 1 saturated heterocycles. The first kappa shape index (κ1) is 15.8. The first-order valence-electron chi connectivity index (χ1n) is 6.58. The van der Waals surface area contributed by atoms with Crippen LogP contribution in [-0.2, 0) is 14.3 Å². The Kier molecular flexibility index (Phi) is 5.17. The zero-order valence-electron chi connectivity index (χ0n) is 11.6. The molecule has 0 spiro atoms. The number of nitrogens with one attached hydrogen (secondary N) is 1. The summed E-state index contributed by atoms with van der Waals surface area (Å²) in [6.45, 7) is 2.75. The van der Waals surface area contributed by atoms with E-state index in [0.717, 1.165) is 5.56 Å². The second-order valence-corrected chi connectivity index (χ2v) is 5.27. The molecule has 114 valence electrons. The molecule has 2 N–H and O–H groups in total. The van der Waals surface area contributed by atoms with Gasteiger partial charge in [0.2, 0.25) is 5.91 Å². The predicted octanol–water partition coefficient (Wildman–Crippen LogP) is 1.37. The number of hydrogen-bond donors (Lipinski definition) is 2. The van der Waals surface area contributed by atoms with Gasteiger partial charge in [0.15, 0.2) is 0 Å². The second kappa shape index (κ2) is 6.89. The van der Waals surface area contributed by atoms with Crippen molar-refractivity contribution in [2.24, 2.45) is 0 Å². The van der Waals surface area contributed by atoms with Gasteiger partial charge in [0.05, 0.1) is 19.8 Å². The lowest BCUT2D eigenvalue weighted by Crippen LogP contribution is -2.52. The summed E-state index contributed by atoms with van der Waals surface area (Å²) < 4.78 is 5.14. The minimum absolute atomic E-state index is 0.00623. The Bertz CT molecular complexity index is 550. The molecular formula is C14H17ClN2O4. The van der Waals surface area contributed by atoms with Crippen LogP contribution in [0.2, 0.25) is 5.02 Å². The summed E-state index contributed by atoms with van der Waals surface area (Å²) in [6, 6.07) is 4.46. The lowest BCUT2D eigenvalue weighted by Gasteiger charge is -2.32. The van der Waals surface area contributed by atoms with Crippen LogP contribution in [0.4, 0.5) is 5.69 Å². The molecule has 21 heavy (non-hydrogen) atoms. The number of carbonyl (C=O) groups excluding carboxylic acids is 1. The number of carbonyl (C=O) groups is 2. The van der Waals surface area contributed by atoms with Gasteiger partial charge >= 0.3 is 5.97 Å². The minimum atomic E-state index is -0.985. The lowest BCUT2D eigenvalue weighted by molar-refractivity contribution is -0.150. The zero-order chi connectivity index (χ0) is 15.4. The number of benzene rings is 1. The van der Waals surface area contributed by atoms with E-state index < -0.39 is 12.0 Å². The van der Waals surface area contributed by atoms with Gasteiger partial charge in [0.25, 0.3) is 0 Å². The number of carboxylic acid groups (broad SMARTS) is 1. The summed E-state index contributed by atoms with van der Waals surface area (Å²) in [6.07, 6.45) is 0. The summed E-state index contributed by atoms with van der Waals surface area (Å²) in [5.74, 6) is -1.25. The Morgan fingerprint density at radius 2 is 2.29 bits per heavy atom. The van der Waals surface area contributed by atoms with E-state index in [-0.39, 0.29) is 19.1 Å². The van der Waals surface area contributed by atoms with E-state index in [1.165, 1.54) is 0 Å². The van der Waals surface area contributed by atoms with Crippen LogP contribution in [0.15, 0.2) is 18.2 Å². The van der Waals surface area contributed by atoms with E-state index >= 15 is 0 Å². The molecular weight excluding hydrogens is 296 g/mol. The highest BCUT2D eigenvalue weighted by Gasteiger charge is 2.30. The van der Waals surface area contributed by atoms with Crippen LogP contribution >= 0.6 is 11.6 Å². The second-order valence-electron chi connectivity index (χ2n) is 4.86. The van der Waals surface area contributed by atoms with Crippen molar-refractivity contribution in [3.8, 4) is 0 Å². The summed E-state index contributed by atoms with van der Waals surface area (Å²) in [7, 11) is 0. The molecule has 1 aliphatic rings. The fourth-order valence-electron chi connectivity index (χ4n) is 2.17. The van der Waals surface area contributed by atoms with E-state index in [1.807, 2.05) is 6.92 Å². The Labute approximate surface area is 127 Å². The van der Waals surface area contributed by atoms with E-state index in [1.54, 1.807) is 23.1 Å². The maximum Gasteiger partial charge on any atom is 0.323 e. The van der Waals surface area contributed by atoms with Crippen molar-refractivity contribution < 1.29 is 19.4 Å². The van der Waals surface area contributed by atoms with Gasteiger partial charge in [0.1, 0.15) is 6.04 Å². The van der Waals surface area contributed by atoms with Crippen LogP contribution in [0, 0.1) is 6.92 Å². The van der Waals surface area contributed by atoms with E-state index in [9.17, 15) is 9.59 Å². The number of nitrogens with zero attached hydrogens (tertiary/aromatic N) is 1. The summed E-state index contributed by atoms with van der Waals surface area (Å²) in [5, 5.41) is 12.5. The first-order chi connectivity index (χ1) is 9.99. The molecule has 1 aromatic rings. The molecule has 2 rings (SSSR count). The molecule has 1 heterocycles. The third kappa shape index (κ3) is 3.93. The first-order valence-corrected chi connectivity index (χ1v) is 6.96. The highest BCUT2D eigenvalue weighted by Crippen LogP contribution is 2.22. The Morgan fingerprint density at radius 1 is 1.52 bits per heavy atom. The van der Waals surface area contributed by atoms with Gasteiger partial charge in [-0.2, -0.15) is 0 Å². The average molecular weight is 313 g/mol.